The zero-order chi connectivity index (χ0) is 42.7. The largest absolute Gasteiger partial charge is 0.507 e. The predicted molar refractivity (Wildman–Crippen MR) is 213 cm³/mol. The van der Waals surface area contributed by atoms with E-state index in [1.807, 2.05) is 0 Å². The third-order valence-electron chi connectivity index (χ3n) is 10.5. The van der Waals surface area contributed by atoms with Gasteiger partial charge in [-0.25, -0.2) is 4.79 Å². The van der Waals surface area contributed by atoms with Crippen LogP contribution in [0.5, 0.6) is 23.0 Å². The van der Waals surface area contributed by atoms with Gasteiger partial charge in [-0.05, 0) is 19.9 Å². The number of esters is 1. The molecule has 0 saturated carbocycles. The molecule has 0 fully saturated rings. The van der Waals surface area contributed by atoms with E-state index in [0.29, 0.717) is 0 Å². The summed E-state index contributed by atoms with van der Waals surface area (Å²) in [4.78, 5) is 53.0. The number of halogens is 1. The van der Waals surface area contributed by atoms with E-state index >= 15 is 0 Å². The minimum absolute atomic E-state index is 0.0241. The maximum Gasteiger partial charge on any atom is 0.411 e. The standard InChI is InChI=1S/C40H51BrN2O14/c1-17-11-10-12-18(2)38(51)42-28-29(43-39(52)54-16-14-41)33(48)25-26(34(28)49)32(47)22(6)36-27(25)37(50)40(8,57-36)55-15-13-24(53-9)19(3)35(56-23(7)44)21(5)31(46)20(4)30(17)45/h10-13,15,17,19-21,24,30-31,35,45-49H,14,16H2,1-9H3,(H,42,51)(H,43,52)/b11-10+,15-13+,18-12-/t17-,19-,20-,21-,24+,30+,31+,35-,40+/m1/s1. The number of aliphatic hydroxyl groups excluding tert-OH is 2. The number of hydrogen-bond donors (Lipinski definition) is 7. The first-order valence-electron chi connectivity index (χ1n) is 18.3. The van der Waals surface area contributed by atoms with Crippen LogP contribution in [-0.2, 0) is 28.5 Å². The van der Waals surface area contributed by atoms with Crippen LogP contribution >= 0.6 is 15.9 Å². The second kappa shape index (κ2) is 18.2. The average molecular weight is 864 g/mol. The first-order valence-corrected chi connectivity index (χ1v) is 19.4. The summed E-state index contributed by atoms with van der Waals surface area (Å²) in [6.07, 6.45) is 2.04. The van der Waals surface area contributed by atoms with Crippen molar-refractivity contribution in [2.45, 2.75) is 85.6 Å². The van der Waals surface area contributed by atoms with Crippen molar-refractivity contribution in [3.8, 4) is 23.0 Å². The molecule has 5 bridgehead atoms. The first kappa shape index (κ1) is 44.9. The van der Waals surface area contributed by atoms with Gasteiger partial charge < -0.3 is 54.5 Å². The summed E-state index contributed by atoms with van der Waals surface area (Å²) in [7, 11) is 1.41. The van der Waals surface area contributed by atoms with E-state index in [4.69, 9.17) is 23.7 Å². The van der Waals surface area contributed by atoms with Crippen LogP contribution in [0, 0.1) is 30.6 Å². The minimum Gasteiger partial charge on any atom is -0.507 e. The van der Waals surface area contributed by atoms with Crippen LogP contribution in [0.1, 0.15) is 64.4 Å². The van der Waals surface area contributed by atoms with Gasteiger partial charge in [0.2, 0.25) is 0 Å². The van der Waals surface area contributed by atoms with Crippen LogP contribution < -0.4 is 15.4 Å². The summed E-state index contributed by atoms with van der Waals surface area (Å²) in [6.45, 7) is 12.1. The Morgan fingerprint density at radius 3 is 2.25 bits per heavy atom. The Bertz CT molecular complexity index is 2000. The predicted octanol–water partition coefficient (Wildman–Crippen LogP) is 5.70. The number of aliphatic hydroxyl groups is 2. The first-order chi connectivity index (χ1) is 26.7. The van der Waals surface area contributed by atoms with Gasteiger partial charge in [-0.1, -0.05) is 61.9 Å². The average Bonchev–Trinajstić information content (AvgIpc) is 3.43. The molecule has 0 saturated heterocycles. The summed E-state index contributed by atoms with van der Waals surface area (Å²) in [5.74, 6) is -9.45. The fourth-order valence-corrected chi connectivity index (χ4v) is 7.28. The number of hydrogen-bond acceptors (Lipinski definition) is 14. The molecule has 0 spiro atoms. The molecule has 17 heteroatoms. The quantitative estimate of drug-likeness (QED) is 0.0827. The fraction of sp³-hybridized carbons (Fsp3) is 0.500. The molecule has 0 unspecified atom stereocenters. The Hall–Kier alpha value is -4.84. The van der Waals surface area contributed by atoms with Crippen molar-refractivity contribution in [1.82, 2.24) is 0 Å². The van der Waals surface area contributed by atoms with Gasteiger partial charge in [0, 0.05) is 66.5 Å². The number of ether oxygens (including phenoxy) is 5. The minimum atomic E-state index is -2.12. The van der Waals surface area contributed by atoms with Gasteiger partial charge in [0.15, 0.2) is 5.75 Å². The molecule has 2 aromatic carbocycles. The number of aromatic hydroxyl groups is 3. The Morgan fingerprint density at radius 1 is 0.965 bits per heavy atom. The number of carbonyl (C=O) groups excluding carboxylic acids is 4. The number of ketones is 1. The number of alkyl halides is 1. The van der Waals surface area contributed by atoms with Gasteiger partial charge >= 0.3 is 17.8 Å². The molecule has 3 aliphatic rings. The second-order valence-corrected chi connectivity index (χ2v) is 15.3. The van der Waals surface area contributed by atoms with E-state index in [0.717, 1.165) is 6.26 Å². The summed E-state index contributed by atoms with van der Waals surface area (Å²) in [5.41, 5.74) is -1.35. The van der Waals surface area contributed by atoms with E-state index in [1.165, 1.54) is 53.0 Å². The molecule has 0 aliphatic carbocycles. The van der Waals surface area contributed by atoms with Crippen molar-refractivity contribution in [3.63, 3.8) is 0 Å². The number of Topliss-reactive ketones (excluding diaryl/α,β-unsaturated/α-hetero) is 1. The Morgan fingerprint density at radius 2 is 1.63 bits per heavy atom. The van der Waals surface area contributed by atoms with Gasteiger partial charge in [-0.2, -0.15) is 0 Å². The zero-order valence-electron chi connectivity index (χ0n) is 33.2. The Kier molecular flexibility index (Phi) is 14.3. The third kappa shape index (κ3) is 9.01. The number of phenolic OH excluding ortho intramolecular Hbond substituents is 3. The number of fused-ring (bicyclic) bond motifs is 14. The molecule has 57 heavy (non-hydrogen) atoms. The number of benzene rings is 2. The van der Waals surface area contributed by atoms with Crippen molar-refractivity contribution in [3.05, 3.63) is 47.3 Å². The Labute approximate surface area is 338 Å². The van der Waals surface area contributed by atoms with E-state index in [1.54, 1.807) is 33.8 Å². The fourth-order valence-electron chi connectivity index (χ4n) is 7.11. The van der Waals surface area contributed by atoms with Crippen LogP contribution in [0.2, 0.25) is 0 Å². The summed E-state index contributed by atoms with van der Waals surface area (Å²) in [5, 5.41) is 61.9. The lowest BCUT2D eigenvalue weighted by molar-refractivity contribution is -0.160. The highest BCUT2D eigenvalue weighted by Crippen LogP contribution is 2.57. The van der Waals surface area contributed by atoms with Crippen LogP contribution in [-0.4, -0.2) is 98.5 Å². The smallest absolute Gasteiger partial charge is 0.411 e. The molecule has 9 atom stereocenters. The lowest BCUT2D eigenvalue weighted by Gasteiger charge is -2.38. The molecule has 2 amide bonds. The molecule has 0 radical (unpaired) electrons. The number of methoxy groups -OCH3 is 1. The van der Waals surface area contributed by atoms with Gasteiger partial charge in [-0.3, -0.25) is 19.7 Å². The summed E-state index contributed by atoms with van der Waals surface area (Å²) < 4.78 is 28.4. The van der Waals surface area contributed by atoms with Crippen LogP contribution in [0.3, 0.4) is 0 Å². The van der Waals surface area contributed by atoms with Crippen LogP contribution in [0.4, 0.5) is 16.2 Å². The van der Waals surface area contributed by atoms with Crippen molar-refractivity contribution in [1.29, 1.82) is 0 Å². The number of phenols is 3. The monoisotopic (exact) mass is 862 g/mol. The molecule has 3 heterocycles. The van der Waals surface area contributed by atoms with Crippen LogP contribution in [0.15, 0.2) is 36.1 Å². The van der Waals surface area contributed by atoms with Crippen molar-refractivity contribution >= 4 is 61.8 Å². The Balaban J connectivity index is 1.97. The summed E-state index contributed by atoms with van der Waals surface area (Å²) in [6, 6.07) is 0. The SMILES string of the molecule is CO[C@H]1/C=C/O[C@@]2(C)Oc3c(C)c(O)c4c(O)c(c(NC(=O)OCCBr)c(O)c4c3C2=O)NC(=O)/C(C)=C\C=C\[C@@H](C)[C@H](O)[C@@H](C)[C@H](O)[C@@H](C)[C@H](OC(C)=O)[C@@H]1C. The van der Waals surface area contributed by atoms with Gasteiger partial charge in [0.1, 0.15) is 41.3 Å². The molecule has 312 valence electrons. The van der Waals surface area contributed by atoms with Crippen molar-refractivity contribution in [2.24, 2.45) is 23.7 Å². The highest BCUT2D eigenvalue weighted by Gasteiger charge is 2.50. The van der Waals surface area contributed by atoms with E-state index < -0.39 is 117 Å². The highest BCUT2D eigenvalue weighted by molar-refractivity contribution is 9.09. The van der Waals surface area contributed by atoms with E-state index in [9.17, 15) is 44.7 Å². The van der Waals surface area contributed by atoms with Gasteiger partial charge in [-0.15, -0.1) is 0 Å². The number of amides is 2. The number of carbonyl (C=O) groups is 4. The normalized spacial score (nSPS) is 30.4. The van der Waals surface area contributed by atoms with Crippen LogP contribution in [0.25, 0.3) is 10.8 Å². The van der Waals surface area contributed by atoms with Gasteiger partial charge in [0.05, 0.1) is 35.5 Å². The molecule has 16 nitrogen and oxygen atoms in total. The maximum absolute atomic E-state index is 14.3. The topological polar surface area (TPSA) is 240 Å². The molecular formula is C40H51BrN2O14. The third-order valence-corrected chi connectivity index (χ3v) is 10.9. The second-order valence-electron chi connectivity index (χ2n) is 14.5. The molecule has 2 aromatic rings. The summed E-state index contributed by atoms with van der Waals surface area (Å²) >= 11 is 3.15. The van der Waals surface area contributed by atoms with E-state index in [2.05, 4.69) is 26.6 Å². The molecular weight excluding hydrogens is 812 g/mol. The maximum atomic E-state index is 14.3. The molecule has 3 aliphatic heterocycles. The van der Waals surface area contributed by atoms with E-state index in [-0.39, 0.29) is 34.4 Å². The highest BCUT2D eigenvalue weighted by atomic mass is 79.9. The van der Waals surface area contributed by atoms with Gasteiger partial charge in [0.25, 0.3) is 11.7 Å². The lowest BCUT2D eigenvalue weighted by atomic mass is 9.78. The molecule has 7 N–H and O–H groups in total. The lowest BCUT2D eigenvalue weighted by Crippen LogP contribution is -2.46. The van der Waals surface area contributed by atoms with Crippen molar-refractivity contribution in [2.75, 3.05) is 29.7 Å². The molecule has 5 rings (SSSR count). The van der Waals surface area contributed by atoms with Crippen molar-refractivity contribution < 1.29 is 68.4 Å². The number of rotatable bonds is 5. The number of nitrogens with one attached hydrogen (secondary N) is 2. The number of allylic oxidation sites excluding steroid dienone is 2. The zero-order valence-corrected chi connectivity index (χ0v) is 34.8. The molecule has 0 aromatic heterocycles. The number of anilines is 2.